The molecule has 37 heavy (non-hydrogen) atoms. The number of aliphatic hydroxyl groups excluding tert-OH is 1. The van der Waals surface area contributed by atoms with Gasteiger partial charge in [0.25, 0.3) is 0 Å². The van der Waals surface area contributed by atoms with Crippen LogP contribution in [0.5, 0.6) is 0 Å². The summed E-state index contributed by atoms with van der Waals surface area (Å²) in [6.45, 7) is 11.4. The van der Waals surface area contributed by atoms with Gasteiger partial charge in [-0.05, 0) is 90.3 Å². The second-order valence-corrected chi connectivity index (χ2v) is 14.0. The Balaban J connectivity index is 2.06. The summed E-state index contributed by atoms with van der Waals surface area (Å²) in [4.78, 5) is 12.9. The van der Waals surface area contributed by atoms with Gasteiger partial charge in [0.15, 0.2) is 0 Å². The molecular formula is C31H43NO4S. The highest BCUT2D eigenvalue weighted by Gasteiger charge is 2.45. The van der Waals surface area contributed by atoms with E-state index < -0.39 is 26.9 Å². The van der Waals surface area contributed by atoms with Gasteiger partial charge < -0.3 is 9.84 Å². The van der Waals surface area contributed by atoms with Crippen molar-refractivity contribution in [2.24, 2.45) is 5.92 Å². The highest BCUT2D eigenvalue weighted by atomic mass is 32.2. The number of ether oxygens (including phenoxy) is 1. The minimum absolute atomic E-state index is 0.0331. The molecule has 202 valence electrons. The van der Waals surface area contributed by atoms with Crippen LogP contribution in [0.2, 0.25) is 0 Å². The molecule has 0 saturated heterocycles. The number of carbonyl (C=O) groups is 1. The molecule has 3 atom stereocenters. The van der Waals surface area contributed by atoms with Gasteiger partial charge in [0, 0.05) is 24.1 Å². The summed E-state index contributed by atoms with van der Waals surface area (Å²) in [7, 11) is -1.34. The third-order valence-electron chi connectivity index (χ3n) is 6.80. The summed E-state index contributed by atoms with van der Waals surface area (Å²) in [5, 5.41) is 10.1. The summed E-state index contributed by atoms with van der Waals surface area (Å²) < 4.78 is 22.0. The van der Waals surface area contributed by atoms with Crippen LogP contribution in [0.1, 0.15) is 72.8 Å². The van der Waals surface area contributed by atoms with Crippen LogP contribution in [0, 0.1) is 5.92 Å². The van der Waals surface area contributed by atoms with Crippen LogP contribution >= 0.6 is 0 Å². The Bertz CT molecular complexity index is 1110. The van der Waals surface area contributed by atoms with E-state index in [9.17, 15) is 14.1 Å². The van der Waals surface area contributed by atoms with Crippen molar-refractivity contribution in [2.45, 2.75) is 89.5 Å². The van der Waals surface area contributed by atoms with Gasteiger partial charge in [-0.25, -0.2) is 13.7 Å². The van der Waals surface area contributed by atoms with Crippen molar-refractivity contribution in [3.63, 3.8) is 0 Å². The number of rotatable bonds is 8. The molecule has 0 aromatic heterocycles. The van der Waals surface area contributed by atoms with Gasteiger partial charge in [0.2, 0.25) is 0 Å². The molecule has 1 aliphatic rings. The van der Waals surface area contributed by atoms with E-state index in [2.05, 4.69) is 41.1 Å². The third kappa shape index (κ3) is 8.10. The predicted molar refractivity (Wildman–Crippen MR) is 152 cm³/mol. The highest BCUT2D eigenvalue weighted by Crippen LogP contribution is 2.43. The Morgan fingerprint density at radius 2 is 1.76 bits per heavy atom. The lowest BCUT2D eigenvalue weighted by Crippen LogP contribution is -2.58. The molecule has 1 aliphatic carbocycles. The molecule has 2 N–H and O–H groups in total. The predicted octanol–water partition coefficient (Wildman–Crippen LogP) is 6.14. The smallest absolute Gasteiger partial charge is 0.331 e. The summed E-state index contributed by atoms with van der Waals surface area (Å²) in [6, 6.07) is 18.7. The maximum Gasteiger partial charge on any atom is 0.331 e. The molecule has 0 aliphatic heterocycles. The number of hydrogen-bond acceptors (Lipinski definition) is 4. The molecule has 1 fully saturated rings. The Morgan fingerprint density at radius 1 is 1.08 bits per heavy atom. The molecule has 5 nitrogen and oxygen atoms in total. The first-order chi connectivity index (χ1) is 17.3. The minimum Gasteiger partial charge on any atom is -0.457 e. The van der Waals surface area contributed by atoms with Crippen LogP contribution in [-0.4, -0.2) is 37.8 Å². The summed E-state index contributed by atoms with van der Waals surface area (Å²) in [6.07, 6.45) is 5.12. The van der Waals surface area contributed by atoms with Gasteiger partial charge >= 0.3 is 5.97 Å². The molecule has 0 amide bonds. The highest BCUT2D eigenvalue weighted by molar-refractivity contribution is 7.84. The third-order valence-corrected chi connectivity index (χ3v) is 8.50. The Morgan fingerprint density at radius 3 is 2.38 bits per heavy atom. The summed E-state index contributed by atoms with van der Waals surface area (Å²) >= 11 is 0. The zero-order valence-corrected chi connectivity index (χ0v) is 24.0. The molecule has 2 aromatic rings. The van der Waals surface area contributed by atoms with Crippen LogP contribution in [0.4, 0.5) is 0 Å². The Hall–Kier alpha value is -2.28. The van der Waals surface area contributed by atoms with Crippen molar-refractivity contribution >= 4 is 17.0 Å². The van der Waals surface area contributed by atoms with Gasteiger partial charge in [-0.3, -0.25) is 0 Å². The van der Waals surface area contributed by atoms with E-state index in [0.29, 0.717) is 12.8 Å². The van der Waals surface area contributed by atoms with Gasteiger partial charge in [-0.15, -0.1) is 0 Å². The van der Waals surface area contributed by atoms with Crippen molar-refractivity contribution in [2.75, 3.05) is 6.61 Å². The van der Waals surface area contributed by atoms with Crippen molar-refractivity contribution < 1.29 is 18.8 Å². The van der Waals surface area contributed by atoms with E-state index in [4.69, 9.17) is 4.74 Å². The maximum absolute atomic E-state index is 13.4. The molecule has 0 radical (unpaired) electrons. The second kappa shape index (κ2) is 12.1. The second-order valence-electron chi connectivity index (χ2n) is 12.0. The topological polar surface area (TPSA) is 75.6 Å². The minimum atomic E-state index is -1.34. The Kier molecular flexibility index (Phi) is 9.54. The molecule has 2 aromatic carbocycles. The van der Waals surface area contributed by atoms with Gasteiger partial charge in [-0.1, -0.05) is 60.2 Å². The Labute approximate surface area is 225 Å². The van der Waals surface area contributed by atoms with E-state index in [1.165, 1.54) is 0 Å². The van der Waals surface area contributed by atoms with Crippen molar-refractivity contribution in [1.29, 1.82) is 0 Å². The molecule has 6 heteroatoms. The number of carbonyl (C=O) groups excluding carboxylic acids is 1. The van der Waals surface area contributed by atoms with E-state index in [-0.39, 0.29) is 18.5 Å². The molecule has 0 heterocycles. The van der Waals surface area contributed by atoms with E-state index in [1.807, 2.05) is 59.7 Å². The maximum atomic E-state index is 13.4. The standard InChI is InChI=1S/C31H43NO4S/c1-29(2,3)36-28(34)22-26-16-11-17-31(18-19-33,32-37(35)30(4,5)6)27(26)21-23-12-10-15-25(20-23)24-13-8-7-9-14-24/h7-10,12-15,20,22,27,32-33H,11,16-19,21H2,1-6H3/b26-22+/t27?,31?,37-/m1/s1. The fraction of sp³-hybridized carbons (Fsp3) is 0.516. The van der Waals surface area contributed by atoms with Crippen molar-refractivity contribution in [3.05, 3.63) is 71.8 Å². The molecular weight excluding hydrogens is 482 g/mol. The zero-order chi connectivity index (χ0) is 27.3. The van der Waals surface area contributed by atoms with E-state index in [1.54, 1.807) is 6.08 Å². The fourth-order valence-corrected chi connectivity index (χ4v) is 6.07. The summed E-state index contributed by atoms with van der Waals surface area (Å²) in [5.74, 6) is -0.486. The molecule has 1 saturated carbocycles. The largest absolute Gasteiger partial charge is 0.457 e. The zero-order valence-electron chi connectivity index (χ0n) is 23.2. The van der Waals surface area contributed by atoms with Crippen molar-refractivity contribution in [3.8, 4) is 11.1 Å². The number of hydrogen-bond donors (Lipinski definition) is 2. The quantitative estimate of drug-likeness (QED) is 0.321. The normalized spacial score (nSPS) is 22.6. The average Bonchev–Trinajstić information content (AvgIpc) is 2.80. The van der Waals surface area contributed by atoms with Crippen LogP contribution in [-0.2, 0) is 26.9 Å². The van der Waals surface area contributed by atoms with Crippen LogP contribution in [0.3, 0.4) is 0 Å². The van der Waals surface area contributed by atoms with Crippen LogP contribution in [0.15, 0.2) is 66.2 Å². The first-order valence-electron chi connectivity index (χ1n) is 13.2. The van der Waals surface area contributed by atoms with Gasteiger partial charge in [0.05, 0.1) is 15.7 Å². The number of esters is 1. The molecule has 0 spiro atoms. The fourth-order valence-electron chi connectivity index (χ4n) is 5.05. The monoisotopic (exact) mass is 525 g/mol. The number of aliphatic hydroxyl groups is 1. The number of benzene rings is 2. The lowest BCUT2D eigenvalue weighted by atomic mass is 9.66. The summed E-state index contributed by atoms with van der Waals surface area (Å²) in [5.41, 5.74) is 3.20. The lowest BCUT2D eigenvalue weighted by Gasteiger charge is -2.47. The first kappa shape index (κ1) is 29.3. The molecule has 3 rings (SSSR count). The van der Waals surface area contributed by atoms with Crippen LogP contribution < -0.4 is 4.72 Å². The van der Waals surface area contributed by atoms with Crippen molar-refractivity contribution in [1.82, 2.24) is 4.72 Å². The number of nitrogens with one attached hydrogen (secondary N) is 1. The molecule has 0 bridgehead atoms. The SMILES string of the molecule is CC(C)(C)OC(=O)/C=C1\CCCC(CCO)(N[S@](=O)C(C)(C)C)C1Cc1cccc(-c2ccccc2)c1. The first-order valence-corrected chi connectivity index (χ1v) is 14.4. The lowest BCUT2D eigenvalue weighted by molar-refractivity contribution is -0.148. The van der Waals surface area contributed by atoms with Crippen LogP contribution in [0.25, 0.3) is 11.1 Å². The molecule has 2 unspecified atom stereocenters. The average molecular weight is 526 g/mol. The van der Waals surface area contributed by atoms with E-state index in [0.717, 1.165) is 41.5 Å². The van der Waals surface area contributed by atoms with E-state index >= 15 is 0 Å². The van der Waals surface area contributed by atoms with Gasteiger partial charge in [-0.2, -0.15) is 0 Å². The van der Waals surface area contributed by atoms with Gasteiger partial charge in [0.1, 0.15) is 5.60 Å².